The molecule has 1 aromatic heterocycles. The van der Waals surface area contributed by atoms with Crippen LogP contribution in [0.5, 0.6) is 17.2 Å². The minimum Gasteiger partial charge on any atom is -0.493 e. The summed E-state index contributed by atoms with van der Waals surface area (Å²) < 4.78 is 18.3. The van der Waals surface area contributed by atoms with E-state index in [2.05, 4.69) is 53.2 Å². The van der Waals surface area contributed by atoms with Gasteiger partial charge in [0.1, 0.15) is 5.82 Å². The zero-order valence-corrected chi connectivity index (χ0v) is 21.6. The minimum atomic E-state index is -0.535. The topological polar surface area (TPSA) is 74.6 Å². The molecule has 192 valence electrons. The van der Waals surface area contributed by atoms with Gasteiger partial charge in [0.15, 0.2) is 11.5 Å². The Labute approximate surface area is 218 Å². The Bertz CT molecular complexity index is 1280. The third-order valence-corrected chi connectivity index (χ3v) is 6.16. The Morgan fingerprint density at radius 1 is 0.811 bits per heavy atom. The van der Waals surface area contributed by atoms with Gasteiger partial charge in [-0.3, -0.25) is 0 Å². The standard InChI is InChI=1S/C30H33N3O4/c1-22-32-27(23-14-7-4-8-15-23)28(24-16-9-5-10-17-24)33(22)21-12-6-11-20-31-30(34)37-29-25(35-2)18-13-19-26(29)36-3/h4-5,7-10,13-19H,6,11-12,20-21H2,1-3H3,(H,31,34). The molecule has 1 heterocycles. The zero-order chi connectivity index (χ0) is 26.0. The van der Waals surface area contributed by atoms with Crippen molar-refractivity contribution in [2.45, 2.75) is 32.7 Å². The van der Waals surface area contributed by atoms with Crippen molar-refractivity contribution in [2.75, 3.05) is 20.8 Å². The van der Waals surface area contributed by atoms with Crippen LogP contribution in [0, 0.1) is 6.92 Å². The van der Waals surface area contributed by atoms with Crippen molar-refractivity contribution < 1.29 is 19.0 Å². The van der Waals surface area contributed by atoms with Crippen molar-refractivity contribution in [3.63, 3.8) is 0 Å². The maximum atomic E-state index is 12.3. The third kappa shape index (κ3) is 6.30. The molecule has 0 aliphatic heterocycles. The molecule has 4 aromatic rings. The highest BCUT2D eigenvalue weighted by Crippen LogP contribution is 2.37. The Kier molecular flexibility index (Phi) is 8.81. The Morgan fingerprint density at radius 2 is 1.43 bits per heavy atom. The fraction of sp³-hybridized carbons (Fsp3) is 0.267. The molecule has 0 bridgehead atoms. The maximum Gasteiger partial charge on any atom is 0.412 e. The molecular formula is C30H33N3O4. The van der Waals surface area contributed by atoms with Crippen molar-refractivity contribution in [3.05, 3.63) is 84.7 Å². The summed E-state index contributed by atoms with van der Waals surface area (Å²) in [4.78, 5) is 17.3. The highest BCUT2D eigenvalue weighted by molar-refractivity contribution is 5.79. The number of benzene rings is 3. The number of nitrogens with zero attached hydrogens (tertiary/aromatic N) is 2. The number of aryl methyl sites for hydroxylation is 1. The van der Waals surface area contributed by atoms with E-state index < -0.39 is 6.09 Å². The van der Waals surface area contributed by atoms with Crippen LogP contribution >= 0.6 is 0 Å². The molecule has 4 rings (SSSR count). The normalized spacial score (nSPS) is 10.7. The highest BCUT2D eigenvalue weighted by Gasteiger charge is 2.18. The molecular weight excluding hydrogens is 466 g/mol. The van der Waals surface area contributed by atoms with E-state index >= 15 is 0 Å². The number of imidazole rings is 1. The van der Waals surface area contributed by atoms with Gasteiger partial charge in [-0.25, -0.2) is 9.78 Å². The number of ether oxygens (including phenoxy) is 3. The predicted molar refractivity (Wildman–Crippen MR) is 145 cm³/mol. The number of amides is 1. The van der Waals surface area contributed by atoms with Gasteiger partial charge in [0.2, 0.25) is 5.75 Å². The van der Waals surface area contributed by atoms with Crippen LogP contribution < -0.4 is 19.5 Å². The number of unbranched alkanes of at least 4 members (excludes halogenated alkanes) is 2. The van der Waals surface area contributed by atoms with Gasteiger partial charge in [-0.2, -0.15) is 0 Å². The second kappa shape index (κ2) is 12.6. The summed E-state index contributed by atoms with van der Waals surface area (Å²) in [6, 6.07) is 25.9. The van der Waals surface area contributed by atoms with Crippen LogP contribution in [0.4, 0.5) is 4.79 Å². The van der Waals surface area contributed by atoms with Crippen LogP contribution in [0.15, 0.2) is 78.9 Å². The fourth-order valence-corrected chi connectivity index (χ4v) is 4.33. The van der Waals surface area contributed by atoms with Gasteiger partial charge in [-0.05, 0) is 38.3 Å². The number of hydrogen-bond acceptors (Lipinski definition) is 5. The van der Waals surface area contributed by atoms with E-state index in [1.54, 1.807) is 18.2 Å². The van der Waals surface area contributed by atoms with Gasteiger partial charge in [0.25, 0.3) is 0 Å². The van der Waals surface area contributed by atoms with E-state index in [9.17, 15) is 4.79 Å². The summed E-state index contributed by atoms with van der Waals surface area (Å²) in [7, 11) is 3.04. The number of rotatable bonds is 11. The molecule has 0 spiro atoms. The van der Waals surface area contributed by atoms with Gasteiger partial charge in [-0.15, -0.1) is 0 Å². The van der Waals surface area contributed by atoms with E-state index in [1.807, 2.05) is 24.3 Å². The number of aromatic nitrogens is 2. The monoisotopic (exact) mass is 499 g/mol. The molecule has 1 amide bonds. The summed E-state index contributed by atoms with van der Waals surface area (Å²) in [5.74, 6) is 2.14. The molecule has 0 atom stereocenters. The largest absolute Gasteiger partial charge is 0.493 e. The second-order valence-electron chi connectivity index (χ2n) is 8.61. The summed E-state index contributed by atoms with van der Waals surface area (Å²) in [5, 5.41) is 2.82. The first-order valence-corrected chi connectivity index (χ1v) is 12.5. The average Bonchev–Trinajstić information content (AvgIpc) is 3.27. The molecule has 0 saturated heterocycles. The van der Waals surface area contributed by atoms with Crippen molar-refractivity contribution in [3.8, 4) is 39.8 Å². The van der Waals surface area contributed by atoms with Gasteiger partial charge in [0.05, 0.1) is 25.6 Å². The molecule has 3 aromatic carbocycles. The van der Waals surface area contributed by atoms with Gasteiger partial charge >= 0.3 is 6.09 Å². The molecule has 0 aliphatic carbocycles. The molecule has 1 N–H and O–H groups in total. The first kappa shape index (κ1) is 25.8. The first-order valence-electron chi connectivity index (χ1n) is 12.5. The molecule has 7 heteroatoms. The van der Waals surface area contributed by atoms with E-state index in [0.717, 1.165) is 54.1 Å². The third-order valence-electron chi connectivity index (χ3n) is 6.16. The molecule has 0 fully saturated rings. The van der Waals surface area contributed by atoms with Crippen LogP contribution in [0.25, 0.3) is 22.5 Å². The van der Waals surface area contributed by atoms with Crippen LogP contribution in [0.2, 0.25) is 0 Å². The SMILES string of the molecule is COc1cccc(OC)c1OC(=O)NCCCCCn1c(C)nc(-c2ccccc2)c1-c1ccccc1. The lowest BCUT2D eigenvalue weighted by Crippen LogP contribution is -2.28. The van der Waals surface area contributed by atoms with Crippen molar-refractivity contribution in [1.82, 2.24) is 14.9 Å². The maximum absolute atomic E-state index is 12.3. The molecule has 0 saturated carbocycles. The lowest BCUT2D eigenvalue weighted by atomic mass is 10.0. The quantitative estimate of drug-likeness (QED) is 0.238. The van der Waals surface area contributed by atoms with Gasteiger partial charge < -0.3 is 24.1 Å². The Balaban J connectivity index is 1.34. The van der Waals surface area contributed by atoms with Crippen LogP contribution in [-0.2, 0) is 6.54 Å². The molecule has 0 aliphatic rings. The molecule has 0 radical (unpaired) electrons. The zero-order valence-electron chi connectivity index (χ0n) is 21.6. The first-order chi connectivity index (χ1) is 18.1. The predicted octanol–water partition coefficient (Wildman–Crippen LogP) is 6.50. The smallest absolute Gasteiger partial charge is 0.412 e. The summed E-state index contributed by atoms with van der Waals surface area (Å²) in [6.45, 7) is 3.42. The fourth-order valence-electron chi connectivity index (χ4n) is 4.33. The number of methoxy groups -OCH3 is 2. The van der Waals surface area contributed by atoms with Crippen LogP contribution in [0.3, 0.4) is 0 Å². The number of nitrogens with one attached hydrogen (secondary N) is 1. The Morgan fingerprint density at radius 3 is 2.05 bits per heavy atom. The van der Waals surface area contributed by atoms with E-state index in [-0.39, 0.29) is 5.75 Å². The Hall–Kier alpha value is -4.26. The van der Waals surface area contributed by atoms with Crippen LogP contribution in [0.1, 0.15) is 25.1 Å². The summed E-state index contributed by atoms with van der Waals surface area (Å²) in [5.41, 5.74) is 4.40. The van der Waals surface area contributed by atoms with Crippen LogP contribution in [-0.4, -0.2) is 36.4 Å². The minimum absolute atomic E-state index is 0.267. The number of hydrogen-bond donors (Lipinski definition) is 1. The van der Waals surface area contributed by atoms with Crippen molar-refractivity contribution in [1.29, 1.82) is 0 Å². The summed E-state index contributed by atoms with van der Waals surface area (Å²) in [6.07, 6.45) is 2.21. The number of carbonyl (C=O) groups excluding carboxylic acids is 1. The van der Waals surface area contributed by atoms with Crippen molar-refractivity contribution >= 4 is 6.09 Å². The van der Waals surface area contributed by atoms with Crippen molar-refractivity contribution in [2.24, 2.45) is 0 Å². The van der Waals surface area contributed by atoms with E-state index in [4.69, 9.17) is 19.2 Å². The van der Waals surface area contributed by atoms with Gasteiger partial charge in [0, 0.05) is 24.2 Å². The molecule has 7 nitrogen and oxygen atoms in total. The average molecular weight is 500 g/mol. The second-order valence-corrected chi connectivity index (χ2v) is 8.61. The summed E-state index contributed by atoms with van der Waals surface area (Å²) >= 11 is 0. The highest BCUT2D eigenvalue weighted by atomic mass is 16.6. The van der Waals surface area contributed by atoms with Gasteiger partial charge in [-0.1, -0.05) is 66.7 Å². The van der Waals surface area contributed by atoms with E-state index in [1.165, 1.54) is 14.2 Å². The molecule has 0 unspecified atom stereocenters. The lowest BCUT2D eigenvalue weighted by Gasteiger charge is -2.13. The number of para-hydroxylation sites is 1. The molecule has 37 heavy (non-hydrogen) atoms. The van der Waals surface area contributed by atoms with E-state index in [0.29, 0.717) is 18.0 Å². The lowest BCUT2D eigenvalue weighted by molar-refractivity contribution is 0.195. The number of carbonyl (C=O) groups is 1.